The highest BCUT2D eigenvalue weighted by atomic mass is 32.1. The van der Waals surface area contributed by atoms with Crippen molar-refractivity contribution in [2.75, 3.05) is 5.32 Å². The lowest BCUT2D eigenvalue weighted by Gasteiger charge is -2.11. The Hall–Kier alpha value is -2.62. The number of phenolic OH excluding ortho intramolecular Hbond substituents is 1. The molecule has 0 saturated heterocycles. The van der Waals surface area contributed by atoms with Crippen LogP contribution in [-0.4, -0.2) is 28.4 Å². The normalized spacial score (nSPS) is 13.1. The van der Waals surface area contributed by atoms with E-state index in [2.05, 4.69) is 22.2 Å². The third kappa shape index (κ3) is 4.95. The number of hydrogen-bond acceptors (Lipinski definition) is 5. The van der Waals surface area contributed by atoms with Gasteiger partial charge < -0.3 is 15.5 Å². The minimum atomic E-state index is -1.05. The van der Waals surface area contributed by atoms with Gasteiger partial charge in [0.1, 0.15) is 11.4 Å². The predicted molar refractivity (Wildman–Crippen MR) is 97.4 cm³/mol. The van der Waals surface area contributed by atoms with Gasteiger partial charge in [0, 0.05) is 5.69 Å². The van der Waals surface area contributed by atoms with Gasteiger partial charge in [-0.3, -0.25) is 4.79 Å². The molecule has 5 nitrogen and oxygen atoms in total. The van der Waals surface area contributed by atoms with E-state index in [4.69, 9.17) is 0 Å². The molecule has 0 aliphatic carbocycles. The number of hydrogen-bond donors (Lipinski definition) is 3. The molecular formula is C18H18N2O3S. The molecule has 2 aromatic rings. The summed E-state index contributed by atoms with van der Waals surface area (Å²) < 4.78 is 0. The lowest BCUT2D eigenvalue weighted by atomic mass is 10.1. The number of phenols is 1. The average Bonchev–Trinajstić information content (AvgIpc) is 2.97. The van der Waals surface area contributed by atoms with Gasteiger partial charge >= 0.3 is 0 Å². The van der Waals surface area contributed by atoms with Crippen LogP contribution in [0.5, 0.6) is 5.75 Å². The van der Waals surface area contributed by atoms with Crippen LogP contribution in [0.4, 0.5) is 11.4 Å². The third-order valence-corrected chi connectivity index (χ3v) is 4.26. The Kier molecular flexibility index (Phi) is 5.74. The zero-order valence-corrected chi connectivity index (χ0v) is 14.2. The van der Waals surface area contributed by atoms with Gasteiger partial charge in [0.2, 0.25) is 0 Å². The molecular weight excluding hydrogens is 324 g/mol. The first-order chi connectivity index (χ1) is 11.4. The van der Waals surface area contributed by atoms with Crippen molar-refractivity contribution >= 4 is 35.3 Å². The molecule has 1 atom stereocenters. The molecule has 6 heteroatoms. The maximum absolute atomic E-state index is 11.2. The fraction of sp³-hybridized carbons (Fsp3) is 0.222. The van der Waals surface area contributed by atoms with Gasteiger partial charge in [-0.15, -0.1) is 11.3 Å². The van der Waals surface area contributed by atoms with Crippen LogP contribution in [0.15, 0.2) is 35.3 Å². The van der Waals surface area contributed by atoms with Gasteiger partial charge in [-0.25, -0.2) is 4.99 Å². The number of carbonyl (C=O) groups is 1. The number of thiophene rings is 1. The molecule has 0 saturated carbocycles. The summed E-state index contributed by atoms with van der Waals surface area (Å²) in [5.74, 6) is 5.85. The highest BCUT2D eigenvalue weighted by Gasteiger charge is 2.13. The lowest BCUT2D eigenvalue weighted by molar-refractivity contribution is 0.112. The number of nitrogens with zero attached hydrogens (tertiary/aromatic N) is 1. The first-order valence-electron chi connectivity index (χ1n) is 7.36. The standard InChI is InChI=1S/C18H18N2O3S/c1-3-18(2,23)9-8-15-10-16(17(11-21)24-15)20-12-19-13-4-6-14(22)7-5-13/h4-7,10-12,22-23H,3H2,1-2H3,(H,19,20). The van der Waals surface area contributed by atoms with Crippen LogP contribution in [0.3, 0.4) is 0 Å². The number of aliphatic hydroxyl groups is 1. The van der Waals surface area contributed by atoms with Gasteiger partial charge in [-0.1, -0.05) is 18.8 Å². The lowest BCUT2D eigenvalue weighted by Crippen LogP contribution is -2.19. The van der Waals surface area contributed by atoms with E-state index in [9.17, 15) is 15.0 Å². The number of aldehydes is 1. The number of nitrogens with one attached hydrogen (secondary N) is 1. The van der Waals surface area contributed by atoms with Gasteiger partial charge in [0.15, 0.2) is 6.29 Å². The van der Waals surface area contributed by atoms with Crippen molar-refractivity contribution in [3.05, 3.63) is 40.1 Å². The Morgan fingerprint density at radius 3 is 2.71 bits per heavy atom. The summed E-state index contributed by atoms with van der Waals surface area (Å²) in [5.41, 5.74) is 0.231. The second-order valence-corrected chi connectivity index (χ2v) is 6.39. The number of aliphatic imine (C=N–C) groups is 1. The van der Waals surface area contributed by atoms with Gasteiger partial charge in [-0.2, -0.15) is 0 Å². The minimum absolute atomic E-state index is 0.185. The fourth-order valence-corrected chi connectivity index (χ4v) is 2.43. The highest BCUT2D eigenvalue weighted by molar-refractivity contribution is 7.14. The monoisotopic (exact) mass is 342 g/mol. The van der Waals surface area contributed by atoms with Crippen LogP contribution in [0, 0.1) is 11.8 Å². The first kappa shape index (κ1) is 17.7. The highest BCUT2D eigenvalue weighted by Crippen LogP contribution is 2.27. The molecule has 2 rings (SSSR count). The molecule has 0 spiro atoms. The van der Waals surface area contributed by atoms with Crippen molar-refractivity contribution in [2.24, 2.45) is 4.99 Å². The Balaban J connectivity index is 2.13. The van der Waals surface area contributed by atoms with Crippen LogP contribution in [-0.2, 0) is 0 Å². The van der Waals surface area contributed by atoms with E-state index in [0.717, 1.165) is 12.0 Å². The zero-order chi connectivity index (χ0) is 17.6. The van der Waals surface area contributed by atoms with Crippen LogP contribution in [0.25, 0.3) is 0 Å². The molecule has 1 aromatic heterocycles. The zero-order valence-electron chi connectivity index (χ0n) is 13.4. The topological polar surface area (TPSA) is 81.9 Å². The van der Waals surface area contributed by atoms with E-state index in [0.29, 0.717) is 21.9 Å². The largest absolute Gasteiger partial charge is 0.508 e. The molecule has 0 aliphatic rings. The van der Waals surface area contributed by atoms with E-state index < -0.39 is 5.60 Å². The summed E-state index contributed by atoms with van der Waals surface area (Å²) in [6.07, 6.45) is 2.73. The second-order valence-electron chi connectivity index (χ2n) is 5.30. The average molecular weight is 342 g/mol. The second kappa shape index (κ2) is 7.77. The predicted octanol–water partition coefficient (Wildman–Crippen LogP) is 3.55. The first-order valence-corrected chi connectivity index (χ1v) is 8.18. The summed E-state index contributed by atoms with van der Waals surface area (Å²) in [6.45, 7) is 3.50. The molecule has 24 heavy (non-hydrogen) atoms. The summed E-state index contributed by atoms with van der Waals surface area (Å²) in [4.78, 5) is 16.5. The molecule has 0 radical (unpaired) electrons. The van der Waals surface area contributed by atoms with E-state index in [1.165, 1.54) is 17.7 Å². The van der Waals surface area contributed by atoms with Crippen LogP contribution < -0.4 is 5.32 Å². The molecule has 124 valence electrons. The number of rotatable bonds is 5. The molecule has 0 amide bonds. The molecule has 3 N–H and O–H groups in total. The van der Waals surface area contributed by atoms with Crippen molar-refractivity contribution in [3.63, 3.8) is 0 Å². The molecule has 1 aromatic carbocycles. The molecule has 0 fully saturated rings. The van der Waals surface area contributed by atoms with Gasteiger partial charge in [0.25, 0.3) is 0 Å². The van der Waals surface area contributed by atoms with E-state index >= 15 is 0 Å². The van der Waals surface area contributed by atoms with Gasteiger partial charge in [-0.05, 0) is 43.7 Å². The van der Waals surface area contributed by atoms with E-state index in [1.807, 2.05) is 6.92 Å². The van der Waals surface area contributed by atoms with Crippen molar-refractivity contribution in [1.29, 1.82) is 0 Å². The smallest absolute Gasteiger partial charge is 0.162 e. The summed E-state index contributed by atoms with van der Waals surface area (Å²) in [5, 5.41) is 22.1. The number of benzene rings is 1. The third-order valence-electron chi connectivity index (χ3n) is 3.29. The fourth-order valence-electron chi connectivity index (χ4n) is 1.66. The molecule has 0 bridgehead atoms. The number of anilines is 1. The quantitative estimate of drug-likeness (QED) is 0.255. The van der Waals surface area contributed by atoms with Crippen LogP contribution in [0.1, 0.15) is 34.8 Å². The summed E-state index contributed by atoms with van der Waals surface area (Å²) in [6, 6.07) is 8.25. The van der Waals surface area contributed by atoms with Crippen molar-refractivity contribution < 1.29 is 15.0 Å². The van der Waals surface area contributed by atoms with E-state index in [-0.39, 0.29) is 5.75 Å². The maximum Gasteiger partial charge on any atom is 0.162 e. The van der Waals surface area contributed by atoms with E-state index in [1.54, 1.807) is 37.3 Å². The SMILES string of the molecule is CCC(C)(O)C#Cc1cc(N=CNc2ccc(O)cc2)c(C=O)s1. The molecule has 1 heterocycles. The Labute approximate surface area is 144 Å². The van der Waals surface area contributed by atoms with Crippen molar-refractivity contribution in [1.82, 2.24) is 0 Å². The Morgan fingerprint density at radius 2 is 2.08 bits per heavy atom. The molecule has 0 aliphatic heterocycles. The van der Waals surface area contributed by atoms with Gasteiger partial charge in [0.05, 0.1) is 21.8 Å². The Bertz CT molecular complexity index is 796. The van der Waals surface area contributed by atoms with Crippen LogP contribution in [0.2, 0.25) is 0 Å². The maximum atomic E-state index is 11.2. The number of aromatic hydroxyl groups is 1. The minimum Gasteiger partial charge on any atom is -0.508 e. The van der Waals surface area contributed by atoms with Crippen LogP contribution >= 0.6 is 11.3 Å². The summed E-state index contributed by atoms with van der Waals surface area (Å²) in [7, 11) is 0. The molecule has 1 unspecified atom stereocenters. The summed E-state index contributed by atoms with van der Waals surface area (Å²) >= 11 is 1.23. The van der Waals surface area contributed by atoms with Crippen molar-refractivity contribution in [3.8, 4) is 17.6 Å². The Morgan fingerprint density at radius 1 is 1.38 bits per heavy atom. The number of carbonyl (C=O) groups excluding carboxylic acids is 1. The van der Waals surface area contributed by atoms with Crippen molar-refractivity contribution in [2.45, 2.75) is 25.9 Å².